The molecule has 7 nitrogen and oxygen atoms in total. The predicted octanol–water partition coefficient (Wildman–Crippen LogP) is 2.99. The Morgan fingerprint density at radius 1 is 1.25 bits per heavy atom. The van der Waals surface area contributed by atoms with Crippen molar-refractivity contribution in [2.75, 3.05) is 13.1 Å². The zero-order chi connectivity index (χ0) is 19.7. The van der Waals surface area contributed by atoms with Crippen LogP contribution in [-0.2, 0) is 11.3 Å². The van der Waals surface area contributed by atoms with E-state index in [4.69, 9.17) is 4.74 Å². The van der Waals surface area contributed by atoms with Gasteiger partial charge in [-0.25, -0.2) is 9.98 Å². The van der Waals surface area contributed by atoms with E-state index < -0.39 is 0 Å². The van der Waals surface area contributed by atoms with Crippen LogP contribution in [0.5, 0.6) is 5.88 Å². The monoisotopic (exact) mass is 503 g/mol. The molecule has 0 spiro atoms. The largest absolute Gasteiger partial charge is 0.474 e. The van der Waals surface area contributed by atoms with Crippen LogP contribution in [0.2, 0.25) is 0 Å². The highest BCUT2D eigenvalue weighted by atomic mass is 127. The molecule has 1 amide bonds. The maximum absolute atomic E-state index is 11.9. The molecule has 1 aromatic heterocycles. The molecule has 158 valence electrons. The van der Waals surface area contributed by atoms with Gasteiger partial charge in [0, 0.05) is 24.3 Å². The molecule has 0 atom stereocenters. The van der Waals surface area contributed by atoms with Crippen molar-refractivity contribution in [2.24, 2.45) is 4.99 Å². The van der Waals surface area contributed by atoms with Crippen LogP contribution in [0.1, 0.15) is 58.9 Å². The van der Waals surface area contributed by atoms with Crippen molar-refractivity contribution in [1.82, 2.24) is 20.9 Å². The van der Waals surface area contributed by atoms with E-state index >= 15 is 0 Å². The molecule has 1 fully saturated rings. The number of hydrogen-bond acceptors (Lipinski definition) is 4. The quantitative estimate of drug-likeness (QED) is 0.303. The molecular weight excluding hydrogens is 469 g/mol. The van der Waals surface area contributed by atoms with Gasteiger partial charge in [0.15, 0.2) is 5.96 Å². The predicted molar refractivity (Wildman–Crippen MR) is 123 cm³/mol. The second kappa shape index (κ2) is 12.1. The Morgan fingerprint density at radius 2 is 1.96 bits per heavy atom. The maximum atomic E-state index is 11.9. The van der Waals surface area contributed by atoms with Crippen LogP contribution >= 0.6 is 24.0 Å². The Labute approximate surface area is 185 Å². The van der Waals surface area contributed by atoms with E-state index in [1.165, 1.54) is 12.8 Å². The SMILES string of the molecule is CCNC(=NCc1ccc(OC2CCCC2)nc1)NCC(=O)NC(C)(C)C.I. The molecule has 0 saturated heterocycles. The average molecular weight is 503 g/mol. The lowest BCUT2D eigenvalue weighted by atomic mass is 10.1. The lowest BCUT2D eigenvalue weighted by Crippen LogP contribution is -2.48. The molecule has 1 aliphatic rings. The van der Waals surface area contributed by atoms with Crippen LogP contribution in [0, 0.1) is 0 Å². The molecule has 1 saturated carbocycles. The molecule has 0 aliphatic heterocycles. The van der Waals surface area contributed by atoms with Gasteiger partial charge in [0.05, 0.1) is 13.1 Å². The topological polar surface area (TPSA) is 87.6 Å². The first-order valence-electron chi connectivity index (χ1n) is 9.80. The van der Waals surface area contributed by atoms with Crippen LogP contribution in [0.3, 0.4) is 0 Å². The number of aliphatic imine (C=N–C) groups is 1. The van der Waals surface area contributed by atoms with Gasteiger partial charge in [0.25, 0.3) is 0 Å². The number of carbonyl (C=O) groups excluding carboxylic acids is 1. The van der Waals surface area contributed by atoms with Gasteiger partial charge >= 0.3 is 0 Å². The van der Waals surface area contributed by atoms with Crippen molar-refractivity contribution in [1.29, 1.82) is 0 Å². The van der Waals surface area contributed by atoms with E-state index in [1.54, 1.807) is 6.20 Å². The lowest BCUT2D eigenvalue weighted by molar-refractivity contribution is -0.121. The van der Waals surface area contributed by atoms with Crippen LogP contribution in [0.4, 0.5) is 0 Å². The Kier molecular flexibility index (Phi) is 10.6. The summed E-state index contributed by atoms with van der Waals surface area (Å²) in [6.07, 6.45) is 6.83. The third-order valence-corrected chi connectivity index (χ3v) is 4.08. The molecule has 28 heavy (non-hydrogen) atoms. The smallest absolute Gasteiger partial charge is 0.239 e. The van der Waals surface area contributed by atoms with Gasteiger partial charge in [-0.15, -0.1) is 24.0 Å². The van der Waals surface area contributed by atoms with Gasteiger partial charge in [0.1, 0.15) is 6.10 Å². The second-order valence-corrected chi connectivity index (χ2v) is 7.88. The van der Waals surface area contributed by atoms with Crippen molar-refractivity contribution < 1.29 is 9.53 Å². The van der Waals surface area contributed by atoms with Crippen LogP contribution < -0.4 is 20.7 Å². The molecular formula is C20H34IN5O2. The Balaban J connectivity index is 0.00000392. The molecule has 0 unspecified atom stereocenters. The fourth-order valence-electron chi connectivity index (χ4n) is 2.89. The van der Waals surface area contributed by atoms with Gasteiger partial charge in [-0.05, 0) is 58.9 Å². The molecule has 0 radical (unpaired) electrons. The number of nitrogens with one attached hydrogen (secondary N) is 3. The Morgan fingerprint density at radius 3 is 2.54 bits per heavy atom. The highest BCUT2D eigenvalue weighted by Crippen LogP contribution is 2.22. The number of nitrogens with zero attached hydrogens (tertiary/aromatic N) is 2. The number of halogens is 1. The highest BCUT2D eigenvalue weighted by molar-refractivity contribution is 14.0. The first-order chi connectivity index (χ1) is 12.9. The van der Waals surface area contributed by atoms with E-state index in [9.17, 15) is 4.79 Å². The summed E-state index contributed by atoms with van der Waals surface area (Å²) in [5.74, 6) is 1.22. The van der Waals surface area contributed by atoms with Crippen molar-refractivity contribution >= 4 is 35.8 Å². The van der Waals surface area contributed by atoms with Crippen molar-refractivity contribution in [2.45, 2.75) is 71.6 Å². The zero-order valence-corrected chi connectivity index (χ0v) is 19.7. The Hall–Kier alpha value is -1.58. The summed E-state index contributed by atoms with van der Waals surface area (Å²) in [4.78, 5) is 20.8. The fourth-order valence-corrected chi connectivity index (χ4v) is 2.89. The number of ether oxygens (including phenoxy) is 1. The molecule has 2 rings (SSSR count). The van der Waals surface area contributed by atoms with Crippen molar-refractivity contribution in [3.05, 3.63) is 23.9 Å². The number of rotatable bonds is 7. The van der Waals surface area contributed by atoms with Crippen LogP contribution in [-0.4, -0.2) is 41.6 Å². The number of carbonyl (C=O) groups is 1. The first-order valence-corrected chi connectivity index (χ1v) is 9.80. The third-order valence-electron chi connectivity index (χ3n) is 4.08. The highest BCUT2D eigenvalue weighted by Gasteiger charge is 2.17. The summed E-state index contributed by atoms with van der Waals surface area (Å²) in [5, 5.41) is 9.12. The summed E-state index contributed by atoms with van der Waals surface area (Å²) in [5.41, 5.74) is 0.743. The van der Waals surface area contributed by atoms with Gasteiger partial charge < -0.3 is 20.7 Å². The third kappa shape index (κ3) is 9.57. The standard InChI is InChI=1S/C20H33N5O2.HI/c1-5-21-19(24-14-17(26)25-20(2,3)4)23-13-15-10-11-18(22-12-15)27-16-8-6-7-9-16;/h10-12,16H,5-9,13-14H2,1-4H3,(H,25,26)(H2,21,23,24);1H. The summed E-state index contributed by atoms with van der Waals surface area (Å²) in [6, 6.07) is 3.89. The average Bonchev–Trinajstić information content (AvgIpc) is 3.10. The minimum Gasteiger partial charge on any atom is -0.474 e. The van der Waals surface area contributed by atoms with Gasteiger partial charge in [-0.2, -0.15) is 0 Å². The molecule has 3 N–H and O–H groups in total. The van der Waals surface area contributed by atoms with Crippen molar-refractivity contribution in [3.63, 3.8) is 0 Å². The number of pyridine rings is 1. The van der Waals surface area contributed by atoms with Crippen molar-refractivity contribution in [3.8, 4) is 5.88 Å². The van der Waals surface area contributed by atoms with Crippen LogP contribution in [0.25, 0.3) is 0 Å². The second-order valence-electron chi connectivity index (χ2n) is 7.88. The zero-order valence-electron chi connectivity index (χ0n) is 17.4. The minimum absolute atomic E-state index is 0. The van der Waals surface area contributed by atoms with Gasteiger partial charge in [-0.1, -0.05) is 6.07 Å². The minimum atomic E-state index is -0.248. The first kappa shape index (κ1) is 24.5. The fraction of sp³-hybridized carbons (Fsp3) is 0.650. The molecule has 0 aromatic carbocycles. The normalized spacial score (nSPS) is 14.9. The summed E-state index contributed by atoms with van der Waals surface area (Å²) >= 11 is 0. The van der Waals surface area contributed by atoms with E-state index in [-0.39, 0.29) is 42.0 Å². The molecule has 0 bridgehead atoms. The lowest BCUT2D eigenvalue weighted by Gasteiger charge is -2.21. The van der Waals surface area contributed by atoms with Gasteiger partial charge in [-0.3, -0.25) is 4.79 Å². The van der Waals surface area contributed by atoms with Crippen LogP contribution in [0.15, 0.2) is 23.3 Å². The number of amides is 1. The van der Waals surface area contributed by atoms with E-state index in [1.807, 2.05) is 39.8 Å². The maximum Gasteiger partial charge on any atom is 0.239 e. The van der Waals surface area contributed by atoms with Gasteiger partial charge in [0.2, 0.25) is 11.8 Å². The molecule has 1 aliphatic carbocycles. The number of guanidine groups is 1. The van der Waals surface area contributed by atoms with E-state index in [0.29, 0.717) is 24.5 Å². The number of aromatic nitrogens is 1. The molecule has 1 aromatic rings. The summed E-state index contributed by atoms with van der Waals surface area (Å²) in [7, 11) is 0. The van der Waals surface area contributed by atoms with E-state index in [0.717, 1.165) is 24.9 Å². The molecule has 8 heteroatoms. The summed E-state index contributed by atoms with van der Waals surface area (Å²) < 4.78 is 5.88. The molecule has 1 heterocycles. The number of hydrogen-bond donors (Lipinski definition) is 3. The summed E-state index contributed by atoms with van der Waals surface area (Å²) in [6.45, 7) is 9.23. The van der Waals surface area contributed by atoms with E-state index in [2.05, 4.69) is 25.9 Å². The Bertz CT molecular complexity index is 622.